The van der Waals surface area contributed by atoms with Gasteiger partial charge in [-0.15, -0.1) is 11.3 Å². The molecule has 4 N–H and O–H groups in total. The predicted molar refractivity (Wildman–Crippen MR) is 110 cm³/mol. The topological polar surface area (TPSA) is 88.2 Å². The number of halogens is 2. The van der Waals surface area contributed by atoms with Gasteiger partial charge in [0.05, 0.1) is 16.7 Å². The summed E-state index contributed by atoms with van der Waals surface area (Å²) in [6, 6.07) is 8.81. The van der Waals surface area contributed by atoms with Gasteiger partial charge in [0.25, 0.3) is 5.91 Å². The first kappa shape index (κ1) is 20.9. The summed E-state index contributed by atoms with van der Waals surface area (Å²) in [5.74, 6) is -1.95. The van der Waals surface area contributed by atoms with E-state index in [0.717, 1.165) is 29.2 Å². The van der Waals surface area contributed by atoms with Gasteiger partial charge in [0.15, 0.2) is 0 Å². The molecule has 29 heavy (non-hydrogen) atoms. The Bertz CT molecular complexity index is 1050. The monoisotopic (exact) mass is 416 g/mol. The molecule has 0 aliphatic rings. The summed E-state index contributed by atoms with van der Waals surface area (Å²) >= 11 is 0.986. The smallest absolute Gasteiger partial charge is 0.251 e. The number of nitrogens with zero attached hydrogens (tertiary/aromatic N) is 1. The zero-order chi connectivity index (χ0) is 21.3. The van der Waals surface area contributed by atoms with Crippen molar-refractivity contribution in [3.8, 4) is 10.4 Å². The molecule has 3 aromatic rings. The van der Waals surface area contributed by atoms with Crippen LogP contribution in [0.25, 0.3) is 10.4 Å². The van der Waals surface area contributed by atoms with E-state index in [1.54, 1.807) is 12.1 Å². The van der Waals surface area contributed by atoms with Gasteiger partial charge < -0.3 is 16.2 Å². The zero-order valence-electron chi connectivity index (χ0n) is 16.1. The molecular weight excluding hydrogens is 396 g/mol. The summed E-state index contributed by atoms with van der Waals surface area (Å²) in [7, 11) is 0. The van der Waals surface area contributed by atoms with Crippen molar-refractivity contribution in [2.75, 3.05) is 5.32 Å². The van der Waals surface area contributed by atoms with E-state index in [1.165, 1.54) is 19.9 Å². The molecule has 0 bridgehead atoms. The lowest BCUT2D eigenvalue weighted by molar-refractivity contribution is 0.0778. The van der Waals surface area contributed by atoms with Crippen molar-refractivity contribution in [3.63, 3.8) is 0 Å². The average molecular weight is 416 g/mol. The maximum absolute atomic E-state index is 14.7. The third-order valence-electron chi connectivity index (χ3n) is 4.30. The van der Waals surface area contributed by atoms with E-state index < -0.39 is 23.1 Å². The second-order valence-corrected chi connectivity index (χ2v) is 8.01. The van der Waals surface area contributed by atoms with Crippen LogP contribution in [0.2, 0.25) is 0 Å². The molecule has 0 saturated heterocycles. The lowest BCUT2D eigenvalue weighted by Crippen LogP contribution is -2.16. The Hall–Kier alpha value is -2.84. The molecule has 0 aliphatic heterocycles. The van der Waals surface area contributed by atoms with Crippen molar-refractivity contribution in [2.24, 2.45) is 5.73 Å². The number of aliphatic hydroxyl groups is 1. The largest absolute Gasteiger partial charge is 0.386 e. The van der Waals surface area contributed by atoms with Gasteiger partial charge in [-0.2, -0.15) is 0 Å². The highest BCUT2D eigenvalue weighted by Crippen LogP contribution is 2.40. The van der Waals surface area contributed by atoms with Gasteiger partial charge in [0.2, 0.25) is 0 Å². The number of benzene rings is 1. The number of pyridine rings is 1. The first-order chi connectivity index (χ1) is 13.6. The number of hydrogen-bond donors (Lipinski definition) is 3. The Morgan fingerprint density at radius 2 is 1.90 bits per heavy atom. The van der Waals surface area contributed by atoms with E-state index >= 15 is 0 Å². The van der Waals surface area contributed by atoms with E-state index in [-0.39, 0.29) is 21.6 Å². The predicted octanol–water partition coefficient (Wildman–Crippen LogP) is 4.73. The van der Waals surface area contributed by atoms with Gasteiger partial charge in [-0.25, -0.2) is 13.8 Å². The lowest BCUT2D eigenvalue weighted by Gasteiger charge is -2.18. The third kappa shape index (κ3) is 4.44. The molecule has 0 aliphatic carbocycles. The van der Waals surface area contributed by atoms with Crippen LogP contribution in [0.5, 0.6) is 0 Å². The Morgan fingerprint density at radius 3 is 2.45 bits per heavy atom. The molecule has 0 fully saturated rings. The number of amides is 1. The number of hydrogen-bond acceptors (Lipinski definition) is 5. The minimum Gasteiger partial charge on any atom is -0.386 e. The highest BCUT2D eigenvalue weighted by molar-refractivity contribution is 7.20. The van der Waals surface area contributed by atoms with Gasteiger partial charge in [-0.1, -0.05) is 13.0 Å². The van der Waals surface area contributed by atoms with E-state index in [1.807, 2.05) is 19.4 Å². The van der Waals surface area contributed by atoms with Crippen molar-refractivity contribution in [1.82, 2.24) is 4.98 Å². The SMILES string of the molecule is C[CH]c1cccc(Nc2sc(-c3c(F)cc(C(C)(C)O)cc3F)cc2C(N)=O)n1. The van der Waals surface area contributed by atoms with Crippen LogP contribution in [0.4, 0.5) is 19.6 Å². The Kier molecular flexibility index (Phi) is 5.68. The van der Waals surface area contributed by atoms with Crippen LogP contribution in [-0.2, 0) is 5.60 Å². The molecule has 0 unspecified atom stereocenters. The summed E-state index contributed by atoms with van der Waals surface area (Å²) in [6.45, 7) is 4.72. The van der Waals surface area contributed by atoms with E-state index in [4.69, 9.17) is 5.73 Å². The fourth-order valence-corrected chi connectivity index (χ4v) is 3.87. The Morgan fingerprint density at radius 1 is 1.24 bits per heavy atom. The lowest BCUT2D eigenvalue weighted by atomic mass is 9.96. The molecule has 0 saturated carbocycles. The highest BCUT2D eigenvalue weighted by atomic mass is 32.1. The van der Waals surface area contributed by atoms with Crippen molar-refractivity contribution in [1.29, 1.82) is 0 Å². The summed E-state index contributed by atoms with van der Waals surface area (Å²) in [5, 5.41) is 13.3. The molecule has 3 rings (SSSR count). The Balaban J connectivity index is 2.06. The first-order valence-corrected chi connectivity index (χ1v) is 9.61. The number of nitrogens with one attached hydrogen (secondary N) is 1. The van der Waals surface area contributed by atoms with E-state index in [9.17, 15) is 18.7 Å². The standard InChI is InChI=1S/C21H20F2N3O2S/c1-4-12-6-5-7-17(25-12)26-20-13(19(24)27)10-16(29-20)18-14(22)8-11(9-15(18)23)21(2,3)28/h4-10,28H,1-3H3,(H2,24,27)(H,25,26). The molecule has 8 heteroatoms. The number of carbonyl (C=O) groups excluding carboxylic acids is 1. The fraction of sp³-hybridized carbons (Fsp3) is 0.190. The molecule has 2 heterocycles. The molecular formula is C21H20F2N3O2S. The number of carbonyl (C=O) groups is 1. The van der Waals surface area contributed by atoms with Crippen LogP contribution in [0, 0.1) is 18.1 Å². The van der Waals surface area contributed by atoms with Crippen molar-refractivity contribution >= 4 is 28.1 Å². The van der Waals surface area contributed by atoms with Gasteiger partial charge in [0.1, 0.15) is 22.5 Å². The van der Waals surface area contributed by atoms with E-state index in [2.05, 4.69) is 10.3 Å². The fourth-order valence-electron chi connectivity index (χ4n) is 2.75. The molecule has 2 aromatic heterocycles. The van der Waals surface area contributed by atoms with Crippen molar-refractivity contribution < 1.29 is 18.7 Å². The van der Waals surface area contributed by atoms with Gasteiger partial charge in [-0.05, 0) is 49.7 Å². The van der Waals surface area contributed by atoms with Gasteiger partial charge >= 0.3 is 0 Å². The molecule has 1 amide bonds. The zero-order valence-corrected chi connectivity index (χ0v) is 16.9. The maximum atomic E-state index is 14.7. The number of aromatic nitrogens is 1. The van der Waals surface area contributed by atoms with Crippen LogP contribution in [0.3, 0.4) is 0 Å². The maximum Gasteiger partial charge on any atom is 0.251 e. The van der Waals surface area contributed by atoms with Crippen LogP contribution < -0.4 is 11.1 Å². The number of thiophene rings is 1. The quantitative estimate of drug-likeness (QED) is 0.542. The van der Waals surface area contributed by atoms with Crippen molar-refractivity contribution in [2.45, 2.75) is 26.4 Å². The van der Waals surface area contributed by atoms with Crippen LogP contribution in [0.15, 0.2) is 36.4 Å². The summed E-state index contributed by atoms with van der Waals surface area (Å²) in [4.78, 5) is 16.4. The summed E-state index contributed by atoms with van der Waals surface area (Å²) < 4.78 is 29.4. The molecule has 1 aromatic carbocycles. The molecule has 5 nitrogen and oxygen atoms in total. The third-order valence-corrected chi connectivity index (χ3v) is 5.37. The number of primary amides is 1. The number of anilines is 2. The van der Waals surface area contributed by atoms with Crippen molar-refractivity contribution in [3.05, 3.63) is 71.3 Å². The first-order valence-electron chi connectivity index (χ1n) is 8.79. The summed E-state index contributed by atoms with van der Waals surface area (Å²) in [5.41, 5.74) is 4.71. The van der Waals surface area contributed by atoms with Crippen LogP contribution >= 0.6 is 11.3 Å². The Labute approximate surface area is 171 Å². The molecule has 151 valence electrons. The molecule has 0 spiro atoms. The molecule has 0 atom stereocenters. The minimum absolute atomic E-state index is 0.100. The minimum atomic E-state index is -1.40. The summed E-state index contributed by atoms with van der Waals surface area (Å²) in [6.07, 6.45) is 1.81. The van der Waals surface area contributed by atoms with Crippen LogP contribution in [0.1, 0.15) is 42.4 Å². The van der Waals surface area contributed by atoms with Gasteiger partial charge in [0, 0.05) is 17.0 Å². The highest BCUT2D eigenvalue weighted by Gasteiger charge is 2.24. The normalized spacial score (nSPS) is 11.5. The van der Waals surface area contributed by atoms with E-state index in [0.29, 0.717) is 10.8 Å². The second-order valence-electron chi connectivity index (χ2n) is 6.95. The number of rotatable bonds is 6. The van der Waals surface area contributed by atoms with Gasteiger partial charge in [-0.3, -0.25) is 4.79 Å². The van der Waals surface area contributed by atoms with Crippen LogP contribution in [-0.4, -0.2) is 16.0 Å². The molecule has 1 radical (unpaired) electrons. The number of nitrogens with two attached hydrogens (primary N) is 1. The average Bonchev–Trinajstić information content (AvgIpc) is 3.04. The second kappa shape index (κ2) is 7.88.